The number of anilines is 1. The maximum atomic E-state index is 5.37. The Hall–Kier alpha value is -0.650. The zero-order valence-corrected chi connectivity index (χ0v) is 13.6. The lowest BCUT2D eigenvalue weighted by Crippen LogP contribution is -2.45. The molecule has 1 fully saturated rings. The van der Waals surface area contributed by atoms with Gasteiger partial charge in [-0.2, -0.15) is 0 Å². The summed E-state index contributed by atoms with van der Waals surface area (Å²) in [5.41, 5.74) is 1.01. The number of nitrogens with one attached hydrogen (secondary N) is 2. The van der Waals surface area contributed by atoms with Crippen LogP contribution < -0.4 is 10.6 Å². The molecule has 0 saturated carbocycles. The van der Waals surface area contributed by atoms with Crippen LogP contribution in [-0.2, 0) is 0 Å². The van der Waals surface area contributed by atoms with E-state index in [1.54, 1.807) is 0 Å². The van der Waals surface area contributed by atoms with Gasteiger partial charge >= 0.3 is 0 Å². The summed E-state index contributed by atoms with van der Waals surface area (Å²) in [5.74, 6) is 0. The van der Waals surface area contributed by atoms with Crippen LogP contribution in [-0.4, -0.2) is 35.7 Å². The van der Waals surface area contributed by atoms with E-state index < -0.39 is 0 Å². The molecule has 0 bridgehead atoms. The number of thiocarbonyl (C=S) groups is 1. The van der Waals surface area contributed by atoms with Crippen LogP contribution in [0.25, 0.3) is 0 Å². The van der Waals surface area contributed by atoms with Gasteiger partial charge in [-0.1, -0.05) is 28.9 Å². The van der Waals surface area contributed by atoms with Crippen LogP contribution in [0.5, 0.6) is 0 Å². The Labute approximate surface area is 128 Å². The zero-order chi connectivity index (χ0) is 13.7. The lowest BCUT2D eigenvalue weighted by Gasteiger charge is -2.32. The highest BCUT2D eigenvalue weighted by atomic mass is 79.9. The molecule has 19 heavy (non-hydrogen) atoms. The van der Waals surface area contributed by atoms with Crippen molar-refractivity contribution in [2.24, 2.45) is 0 Å². The molecule has 3 nitrogen and oxygen atoms in total. The van der Waals surface area contributed by atoms with Gasteiger partial charge in [0.2, 0.25) is 0 Å². The van der Waals surface area contributed by atoms with Crippen LogP contribution in [0.4, 0.5) is 5.69 Å². The van der Waals surface area contributed by atoms with Gasteiger partial charge in [-0.25, -0.2) is 0 Å². The minimum Gasteiger partial charge on any atom is -0.360 e. The predicted molar refractivity (Wildman–Crippen MR) is 88.6 cm³/mol. The minimum absolute atomic E-state index is 0.495. The smallest absolute Gasteiger partial charge is 0.170 e. The lowest BCUT2D eigenvalue weighted by atomic mass is 10.1. The fourth-order valence-electron chi connectivity index (χ4n) is 2.31. The van der Waals surface area contributed by atoms with Crippen LogP contribution in [0.1, 0.15) is 19.8 Å². The standard InChI is InChI=1S/C14H20BrN3S/c1-2-18-8-6-12(7-9-18)16-14(19)17-13-5-3-4-11(15)10-13/h3-5,10,12H,2,6-9H2,1H3,(H2,16,17,19). The third kappa shape index (κ3) is 4.75. The van der Waals surface area contributed by atoms with E-state index in [2.05, 4.69) is 38.4 Å². The van der Waals surface area contributed by atoms with Crippen molar-refractivity contribution < 1.29 is 0 Å². The normalized spacial score (nSPS) is 17.2. The first kappa shape index (κ1) is 14.8. The molecular formula is C14H20BrN3S. The summed E-state index contributed by atoms with van der Waals surface area (Å²) < 4.78 is 1.05. The van der Waals surface area contributed by atoms with Crippen LogP contribution in [0, 0.1) is 0 Å². The molecule has 0 aromatic heterocycles. The molecule has 1 saturated heterocycles. The van der Waals surface area contributed by atoms with Gasteiger partial charge in [-0.3, -0.25) is 0 Å². The van der Waals surface area contributed by atoms with Crippen molar-refractivity contribution in [1.82, 2.24) is 10.2 Å². The molecule has 0 radical (unpaired) electrons. The fraction of sp³-hybridized carbons (Fsp3) is 0.500. The molecule has 0 amide bonds. The van der Waals surface area contributed by atoms with E-state index in [9.17, 15) is 0 Å². The molecule has 5 heteroatoms. The summed E-state index contributed by atoms with van der Waals surface area (Å²) in [7, 11) is 0. The minimum atomic E-state index is 0.495. The topological polar surface area (TPSA) is 27.3 Å². The van der Waals surface area contributed by atoms with Crippen LogP contribution in [0.2, 0.25) is 0 Å². The number of piperidine rings is 1. The SMILES string of the molecule is CCN1CCC(NC(=S)Nc2cccc(Br)c2)CC1. The van der Waals surface area contributed by atoms with Crippen molar-refractivity contribution in [2.45, 2.75) is 25.8 Å². The number of rotatable bonds is 3. The number of hydrogen-bond donors (Lipinski definition) is 2. The van der Waals surface area contributed by atoms with E-state index in [-0.39, 0.29) is 0 Å². The Balaban J connectivity index is 1.79. The summed E-state index contributed by atoms with van der Waals surface area (Å²) in [6, 6.07) is 8.53. The summed E-state index contributed by atoms with van der Waals surface area (Å²) in [5, 5.41) is 7.36. The highest BCUT2D eigenvalue weighted by Crippen LogP contribution is 2.16. The molecule has 0 unspecified atom stereocenters. The molecule has 0 spiro atoms. The van der Waals surface area contributed by atoms with Crippen molar-refractivity contribution in [3.05, 3.63) is 28.7 Å². The molecule has 104 valence electrons. The van der Waals surface area contributed by atoms with Gasteiger partial charge in [-0.15, -0.1) is 0 Å². The quantitative estimate of drug-likeness (QED) is 0.825. The molecule has 1 aliphatic rings. The summed E-state index contributed by atoms with van der Waals surface area (Å²) >= 11 is 8.82. The Bertz CT molecular complexity index is 430. The third-order valence-corrected chi connectivity index (χ3v) is 4.17. The third-order valence-electron chi connectivity index (χ3n) is 3.45. The second-order valence-corrected chi connectivity index (χ2v) is 6.14. The van der Waals surface area contributed by atoms with E-state index in [1.165, 1.54) is 0 Å². The second-order valence-electron chi connectivity index (χ2n) is 4.82. The van der Waals surface area contributed by atoms with E-state index in [4.69, 9.17) is 12.2 Å². The Kier molecular flexibility index (Phi) is 5.60. The highest BCUT2D eigenvalue weighted by molar-refractivity contribution is 9.10. The van der Waals surface area contributed by atoms with Gasteiger partial charge in [0, 0.05) is 29.3 Å². The van der Waals surface area contributed by atoms with Gasteiger partial charge in [-0.05, 0) is 49.8 Å². The van der Waals surface area contributed by atoms with Gasteiger partial charge in [0.15, 0.2) is 5.11 Å². The van der Waals surface area contributed by atoms with Crippen molar-refractivity contribution in [3.63, 3.8) is 0 Å². The molecule has 1 aromatic rings. The molecule has 0 aliphatic carbocycles. The second kappa shape index (κ2) is 7.22. The van der Waals surface area contributed by atoms with Gasteiger partial charge in [0.1, 0.15) is 0 Å². The monoisotopic (exact) mass is 341 g/mol. The fourth-order valence-corrected chi connectivity index (χ4v) is 3.00. The predicted octanol–water partition coefficient (Wildman–Crippen LogP) is 3.22. The van der Waals surface area contributed by atoms with Crippen molar-refractivity contribution >= 4 is 38.9 Å². The first-order valence-corrected chi connectivity index (χ1v) is 7.93. The van der Waals surface area contributed by atoms with Crippen molar-refractivity contribution in [1.29, 1.82) is 0 Å². The number of hydrogen-bond acceptors (Lipinski definition) is 2. The van der Waals surface area contributed by atoms with E-state index in [0.717, 1.165) is 42.6 Å². The Morgan fingerprint density at radius 1 is 1.42 bits per heavy atom. The molecular weight excluding hydrogens is 322 g/mol. The molecule has 2 rings (SSSR count). The Morgan fingerprint density at radius 3 is 2.79 bits per heavy atom. The number of likely N-dealkylation sites (tertiary alicyclic amines) is 1. The van der Waals surface area contributed by atoms with Crippen molar-refractivity contribution in [3.8, 4) is 0 Å². The number of benzene rings is 1. The molecule has 2 N–H and O–H groups in total. The van der Waals surface area contributed by atoms with E-state index in [1.807, 2.05) is 24.3 Å². The van der Waals surface area contributed by atoms with E-state index in [0.29, 0.717) is 11.2 Å². The van der Waals surface area contributed by atoms with Gasteiger partial charge in [0.25, 0.3) is 0 Å². The molecule has 1 heterocycles. The van der Waals surface area contributed by atoms with Crippen LogP contribution in [0.15, 0.2) is 28.7 Å². The molecule has 0 atom stereocenters. The maximum absolute atomic E-state index is 5.37. The zero-order valence-electron chi connectivity index (χ0n) is 11.2. The summed E-state index contributed by atoms with van der Waals surface area (Å²) in [4.78, 5) is 2.48. The first-order valence-electron chi connectivity index (χ1n) is 6.73. The van der Waals surface area contributed by atoms with Crippen LogP contribution >= 0.6 is 28.1 Å². The molecule has 1 aliphatic heterocycles. The maximum Gasteiger partial charge on any atom is 0.170 e. The molecule has 1 aromatic carbocycles. The van der Waals surface area contributed by atoms with E-state index >= 15 is 0 Å². The van der Waals surface area contributed by atoms with Gasteiger partial charge in [0.05, 0.1) is 0 Å². The van der Waals surface area contributed by atoms with Gasteiger partial charge < -0.3 is 15.5 Å². The number of nitrogens with zero attached hydrogens (tertiary/aromatic N) is 1. The Morgan fingerprint density at radius 2 is 2.16 bits per heavy atom. The summed E-state index contributed by atoms with van der Waals surface area (Å²) in [6.45, 7) is 5.68. The van der Waals surface area contributed by atoms with Crippen LogP contribution in [0.3, 0.4) is 0 Å². The highest BCUT2D eigenvalue weighted by Gasteiger charge is 2.18. The lowest BCUT2D eigenvalue weighted by molar-refractivity contribution is 0.216. The average Bonchev–Trinajstić information content (AvgIpc) is 2.39. The largest absolute Gasteiger partial charge is 0.360 e. The first-order chi connectivity index (χ1) is 9.17. The van der Waals surface area contributed by atoms with Crippen molar-refractivity contribution in [2.75, 3.05) is 25.0 Å². The average molecular weight is 342 g/mol. The summed E-state index contributed by atoms with van der Waals surface area (Å²) in [6.07, 6.45) is 2.32. The number of halogens is 1.